The molecule has 82 valence electrons. The molecule has 0 aromatic heterocycles. The Balaban J connectivity index is 2.42. The molecule has 0 spiro atoms. The molecule has 0 nitrogen and oxygen atoms in total. The van der Waals surface area contributed by atoms with Crippen molar-refractivity contribution in [3.05, 3.63) is 46.9 Å². The fourth-order valence-electron chi connectivity index (χ4n) is 1.57. The van der Waals surface area contributed by atoms with E-state index in [-0.39, 0.29) is 0 Å². The van der Waals surface area contributed by atoms with Crippen LogP contribution in [0.15, 0.2) is 46.9 Å². The molecule has 1 heteroatoms. The minimum Gasteiger partial charge on any atom is -0.122 e. The van der Waals surface area contributed by atoms with Gasteiger partial charge >= 0.3 is 0 Å². The molecule has 1 aliphatic carbocycles. The second-order valence-electron chi connectivity index (χ2n) is 3.53. The van der Waals surface area contributed by atoms with E-state index in [9.17, 15) is 0 Å². The van der Waals surface area contributed by atoms with E-state index in [0.717, 1.165) is 5.75 Å². The Labute approximate surface area is 97.8 Å². The number of allylic oxidation sites excluding steroid dienone is 6. The molecular weight excluding hydrogens is 200 g/mol. The van der Waals surface area contributed by atoms with E-state index in [1.807, 2.05) is 18.7 Å². The highest BCUT2D eigenvalue weighted by Gasteiger charge is 2.05. The third kappa shape index (κ3) is 4.57. The summed E-state index contributed by atoms with van der Waals surface area (Å²) < 4.78 is 0. The molecule has 0 radical (unpaired) electrons. The number of thioether (sulfide) groups is 1. The molecule has 0 unspecified atom stereocenters. The van der Waals surface area contributed by atoms with Crippen molar-refractivity contribution in [1.29, 1.82) is 0 Å². The molecule has 0 fully saturated rings. The van der Waals surface area contributed by atoms with Gasteiger partial charge in [-0.1, -0.05) is 49.0 Å². The summed E-state index contributed by atoms with van der Waals surface area (Å²) in [5.41, 5.74) is 1.63. The quantitative estimate of drug-likeness (QED) is 0.596. The van der Waals surface area contributed by atoms with Crippen LogP contribution in [0.2, 0.25) is 0 Å². The van der Waals surface area contributed by atoms with Crippen LogP contribution in [0, 0.1) is 0 Å². The van der Waals surface area contributed by atoms with E-state index in [4.69, 9.17) is 0 Å². The molecule has 0 heterocycles. The number of hydrogen-bond donors (Lipinski definition) is 0. The molecule has 0 bridgehead atoms. The van der Waals surface area contributed by atoms with Crippen LogP contribution < -0.4 is 0 Å². The topological polar surface area (TPSA) is 0 Å². The van der Waals surface area contributed by atoms with Crippen molar-refractivity contribution in [2.45, 2.75) is 33.1 Å². The van der Waals surface area contributed by atoms with Crippen molar-refractivity contribution in [3.63, 3.8) is 0 Å². The third-order valence-electron chi connectivity index (χ3n) is 2.43. The summed E-state index contributed by atoms with van der Waals surface area (Å²) in [7, 11) is 0. The summed E-state index contributed by atoms with van der Waals surface area (Å²) in [4.78, 5) is 1.49. The molecule has 0 aromatic rings. The standard InChI is InChI=1S/C14H20S/c1-3-5-6-9-12-15-14-11-8-7-10-13(14)4-2/h3,5-6,8-9,11H,4,7,10,12H2,1-2H3/b5-3-,9-6-. The van der Waals surface area contributed by atoms with Crippen molar-refractivity contribution in [1.82, 2.24) is 0 Å². The van der Waals surface area contributed by atoms with Crippen LogP contribution in [0.5, 0.6) is 0 Å². The van der Waals surface area contributed by atoms with E-state index < -0.39 is 0 Å². The highest BCUT2D eigenvalue weighted by molar-refractivity contribution is 8.03. The molecule has 0 N–H and O–H groups in total. The molecule has 15 heavy (non-hydrogen) atoms. The van der Waals surface area contributed by atoms with E-state index in [1.54, 1.807) is 5.57 Å². The largest absolute Gasteiger partial charge is 0.122 e. The SMILES string of the molecule is C/C=C\C=C/CSC1=C(CC)CCC=C1. The minimum atomic E-state index is 1.08. The van der Waals surface area contributed by atoms with Gasteiger partial charge in [-0.2, -0.15) is 0 Å². The summed E-state index contributed by atoms with van der Waals surface area (Å²) >= 11 is 1.95. The van der Waals surface area contributed by atoms with Gasteiger partial charge in [-0.05, 0) is 26.2 Å². The highest BCUT2D eigenvalue weighted by atomic mass is 32.2. The second kappa shape index (κ2) is 7.58. The lowest BCUT2D eigenvalue weighted by molar-refractivity contribution is 0.891. The normalized spacial score (nSPS) is 17.2. The molecule has 0 saturated heterocycles. The Morgan fingerprint density at radius 3 is 3.00 bits per heavy atom. The molecule has 1 aliphatic rings. The molecule has 0 aromatic carbocycles. The first kappa shape index (κ1) is 12.4. The van der Waals surface area contributed by atoms with Crippen LogP contribution in [0.1, 0.15) is 33.1 Å². The highest BCUT2D eigenvalue weighted by Crippen LogP contribution is 2.29. The van der Waals surface area contributed by atoms with Gasteiger partial charge in [-0.15, -0.1) is 11.8 Å². The predicted molar refractivity (Wildman–Crippen MR) is 72.1 cm³/mol. The second-order valence-corrected chi connectivity index (χ2v) is 4.59. The van der Waals surface area contributed by atoms with Crippen LogP contribution in [-0.4, -0.2) is 5.75 Å². The molecule has 0 atom stereocenters. The van der Waals surface area contributed by atoms with E-state index >= 15 is 0 Å². The van der Waals surface area contributed by atoms with Gasteiger partial charge < -0.3 is 0 Å². The van der Waals surface area contributed by atoms with Gasteiger partial charge in [0.1, 0.15) is 0 Å². The lowest BCUT2D eigenvalue weighted by atomic mass is 10.0. The molecular formula is C14H20S. The van der Waals surface area contributed by atoms with Crippen LogP contribution in [0.3, 0.4) is 0 Å². The molecule has 0 saturated carbocycles. The zero-order valence-corrected chi connectivity index (χ0v) is 10.5. The van der Waals surface area contributed by atoms with Crippen LogP contribution in [0.4, 0.5) is 0 Å². The fraction of sp³-hybridized carbons (Fsp3) is 0.429. The van der Waals surface area contributed by atoms with Gasteiger partial charge in [-0.3, -0.25) is 0 Å². The predicted octanol–water partition coefficient (Wildman–Crippen LogP) is 4.87. The van der Waals surface area contributed by atoms with Gasteiger partial charge in [0.2, 0.25) is 0 Å². The maximum absolute atomic E-state index is 2.29. The molecule has 0 aliphatic heterocycles. The Hall–Kier alpha value is -0.690. The van der Waals surface area contributed by atoms with Gasteiger partial charge in [0.05, 0.1) is 0 Å². The monoisotopic (exact) mass is 220 g/mol. The lowest BCUT2D eigenvalue weighted by Gasteiger charge is -2.13. The van der Waals surface area contributed by atoms with E-state index in [0.29, 0.717) is 0 Å². The van der Waals surface area contributed by atoms with E-state index in [2.05, 4.69) is 43.4 Å². The van der Waals surface area contributed by atoms with Crippen molar-refractivity contribution < 1.29 is 0 Å². The third-order valence-corrected chi connectivity index (χ3v) is 3.53. The number of hydrogen-bond acceptors (Lipinski definition) is 1. The maximum atomic E-state index is 2.29. The average Bonchev–Trinajstić information content (AvgIpc) is 2.29. The smallest absolute Gasteiger partial charge is 0.0163 e. The van der Waals surface area contributed by atoms with Crippen molar-refractivity contribution in [2.24, 2.45) is 0 Å². The summed E-state index contributed by atoms with van der Waals surface area (Å²) in [6.45, 7) is 4.30. The van der Waals surface area contributed by atoms with Gasteiger partial charge in [0.15, 0.2) is 0 Å². The molecule has 0 amide bonds. The summed E-state index contributed by atoms with van der Waals surface area (Å²) in [6.07, 6.45) is 16.7. The summed E-state index contributed by atoms with van der Waals surface area (Å²) in [6, 6.07) is 0. The minimum absolute atomic E-state index is 1.08. The van der Waals surface area contributed by atoms with Gasteiger partial charge in [-0.25, -0.2) is 0 Å². The maximum Gasteiger partial charge on any atom is 0.0163 e. The van der Waals surface area contributed by atoms with Crippen molar-refractivity contribution in [3.8, 4) is 0 Å². The first-order valence-electron chi connectivity index (χ1n) is 5.67. The number of rotatable bonds is 5. The van der Waals surface area contributed by atoms with Crippen LogP contribution in [0.25, 0.3) is 0 Å². The van der Waals surface area contributed by atoms with Crippen molar-refractivity contribution >= 4 is 11.8 Å². The zero-order chi connectivity index (χ0) is 10.9. The Bertz CT molecular complexity index is 292. The Morgan fingerprint density at radius 2 is 2.27 bits per heavy atom. The fourth-order valence-corrected chi connectivity index (χ4v) is 2.60. The summed E-state index contributed by atoms with van der Waals surface area (Å²) in [5.74, 6) is 1.08. The first-order chi connectivity index (χ1) is 7.38. The molecule has 1 rings (SSSR count). The van der Waals surface area contributed by atoms with Crippen LogP contribution >= 0.6 is 11.8 Å². The van der Waals surface area contributed by atoms with Gasteiger partial charge in [0, 0.05) is 10.7 Å². The first-order valence-corrected chi connectivity index (χ1v) is 6.66. The van der Waals surface area contributed by atoms with E-state index in [1.165, 1.54) is 24.2 Å². The lowest BCUT2D eigenvalue weighted by Crippen LogP contribution is -1.91. The average molecular weight is 220 g/mol. The van der Waals surface area contributed by atoms with Gasteiger partial charge in [0.25, 0.3) is 0 Å². The Kier molecular flexibility index (Phi) is 6.26. The zero-order valence-electron chi connectivity index (χ0n) is 9.70. The van der Waals surface area contributed by atoms with Crippen LogP contribution in [-0.2, 0) is 0 Å². The summed E-state index contributed by atoms with van der Waals surface area (Å²) in [5, 5.41) is 0. The van der Waals surface area contributed by atoms with Crippen molar-refractivity contribution in [2.75, 3.05) is 5.75 Å². The Morgan fingerprint density at radius 1 is 1.40 bits per heavy atom.